The maximum atomic E-state index is 12.4. The third-order valence-electron chi connectivity index (χ3n) is 3.94. The largest absolute Gasteiger partial charge is 0.396 e. The van der Waals surface area contributed by atoms with Crippen molar-refractivity contribution in [3.63, 3.8) is 0 Å². The highest BCUT2D eigenvalue weighted by Crippen LogP contribution is 2.20. The van der Waals surface area contributed by atoms with Gasteiger partial charge in [0.1, 0.15) is 0 Å². The van der Waals surface area contributed by atoms with E-state index in [-0.39, 0.29) is 25.1 Å². The predicted molar refractivity (Wildman–Crippen MR) is 89.5 cm³/mol. The van der Waals surface area contributed by atoms with Gasteiger partial charge in [0.05, 0.1) is 11.3 Å². The second kappa shape index (κ2) is 9.02. The molecule has 7 heteroatoms. The standard InChI is InChI=1S/C17H23N3O4/c21-11-5-10-18-16(23)17(24)20-14-9-4-3-8-13(14)15(22)19-12-6-1-2-7-12/h3-4,8-9,12,21H,1-2,5-7,10-11H2,(H,18,23)(H,19,22)(H,20,24). The molecule has 0 aromatic heterocycles. The van der Waals surface area contributed by atoms with Gasteiger partial charge in [-0.15, -0.1) is 0 Å². The summed E-state index contributed by atoms with van der Waals surface area (Å²) in [5.74, 6) is -1.89. The molecule has 1 aromatic rings. The van der Waals surface area contributed by atoms with Crippen molar-refractivity contribution in [2.45, 2.75) is 38.1 Å². The van der Waals surface area contributed by atoms with E-state index in [2.05, 4.69) is 16.0 Å². The minimum Gasteiger partial charge on any atom is -0.396 e. The lowest BCUT2D eigenvalue weighted by Gasteiger charge is -2.15. The molecule has 0 spiro atoms. The number of aliphatic hydroxyl groups excluding tert-OH is 1. The first-order valence-corrected chi connectivity index (χ1v) is 8.21. The second-order valence-electron chi connectivity index (χ2n) is 5.79. The molecule has 1 saturated carbocycles. The van der Waals surface area contributed by atoms with Gasteiger partial charge in [0.2, 0.25) is 0 Å². The van der Waals surface area contributed by atoms with Crippen molar-refractivity contribution in [2.24, 2.45) is 0 Å². The van der Waals surface area contributed by atoms with E-state index in [0.717, 1.165) is 25.7 Å². The van der Waals surface area contributed by atoms with Gasteiger partial charge in [0.15, 0.2) is 0 Å². The van der Waals surface area contributed by atoms with Crippen molar-refractivity contribution in [3.05, 3.63) is 29.8 Å². The van der Waals surface area contributed by atoms with Gasteiger partial charge in [-0.2, -0.15) is 0 Å². The van der Waals surface area contributed by atoms with Crippen LogP contribution >= 0.6 is 0 Å². The summed E-state index contributed by atoms with van der Waals surface area (Å²) in [5.41, 5.74) is 0.635. The van der Waals surface area contributed by atoms with Gasteiger partial charge in [-0.25, -0.2) is 0 Å². The molecule has 7 nitrogen and oxygen atoms in total. The van der Waals surface area contributed by atoms with Crippen LogP contribution in [0.15, 0.2) is 24.3 Å². The van der Waals surface area contributed by atoms with E-state index < -0.39 is 11.8 Å². The predicted octanol–water partition coefficient (Wildman–Crippen LogP) is 0.796. The zero-order valence-corrected chi connectivity index (χ0v) is 13.5. The molecule has 4 N–H and O–H groups in total. The van der Waals surface area contributed by atoms with Gasteiger partial charge in [0, 0.05) is 19.2 Å². The maximum absolute atomic E-state index is 12.4. The Morgan fingerprint density at radius 2 is 1.79 bits per heavy atom. The molecule has 1 aliphatic carbocycles. The van der Waals surface area contributed by atoms with Crippen LogP contribution in [0.1, 0.15) is 42.5 Å². The summed E-state index contributed by atoms with van der Waals surface area (Å²) in [6, 6.07) is 6.76. The van der Waals surface area contributed by atoms with E-state index in [1.165, 1.54) is 0 Å². The average molecular weight is 333 g/mol. The van der Waals surface area contributed by atoms with Crippen molar-refractivity contribution in [3.8, 4) is 0 Å². The van der Waals surface area contributed by atoms with Crippen LogP contribution < -0.4 is 16.0 Å². The average Bonchev–Trinajstić information content (AvgIpc) is 3.08. The molecule has 0 unspecified atom stereocenters. The minimum atomic E-state index is -0.839. The zero-order chi connectivity index (χ0) is 17.4. The van der Waals surface area contributed by atoms with Crippen molar-refractivity contribution in [1.82, 2.24) is 10.6 Å². The molecule has 0 heterocycles. The third-order valence-corrected chi connectivity index (χ3v) is 3.94. The zero-order valence-electron chi connectivity index (χ0n) is 13.5. The number of aliphatic hydroxyl groups is 1. The Labute approximate surface area is 140 Å². The van der Waals surface area contributed by atoms with Crippen LogP contribution in [-0.2, 0) is 9.59 Å². The molecular formula is C17H23N3O4. The van der Waals surface area contributed by atoms with E-state index >= 15 is 0 Å². The number of para-hydroxylation sites is 1. The molecule has 0 aliphatic heterocycles. The van der Waals surface area contributed by atoms with E-state index in [1.807, 2.05) is 0 Å². The fourth-order valence-corrected chi connectivity index (χ4v) is 2.66. The Kier molecular flexibility index (Phi) is 6.74. The topological polar surface area (TPSA) is 108 Å². The van der Waals surface area contributed by atoms with Crippen LogP contribution in [0.2, 0.25) is 0 Å². The van der Waals surface area contributed by atoms with Crippen LogP contribution in [0, 0.1) is 0 Å². The molecular weight excluding hydrogens is 310 g/mol. The molecule has 2 rings (SSSR count). The number of hydrogen-bond acceptors (Lipinski definition) is 4. The first-order chi connectivity index (χ1) is 11.6. The Bertz CT molecular complexity index is 597. The number of anilines is 1. The van der Waals surface area contributed by atoms with Crippen LogP contribution in [0.5, 0.6) is 0 Å². The summed E-state index contributed by atoms with van der Waals surface area (Å²) in [5, 5.41) is 16.5. The summed E-state index contributed by atoms with van der Waals surface area (Å²) < 4.78 is 0. The Morgan fingerprint density at radius 1 is 1.08 bits per heavy atom. The van der Waals surface area contributed by atoms with Gasteiger partial charge in [0.25, 0.3) is 5.91 Å². The quantitative estimate of drug-likeness (QED) is 0.456. The lowest BCUT2D eigenvalue weighted by atomic mass is 10.1. The molecule has 0 bridgehead atoms. The number of hydrogen-bond donors (Lipinski definition) is 4. The maximum Gasteiger partial charge on any atom is 0.313 e. The lowest BCUT2D eigenvalue weighted by Crippen LogP contribution is -2.37. The SMILES string of the molecule is O=C(NCCCO)C(=O)Nc1ccccc1C(=O)NC1CCCC1. The summed E-state index contributed by atoms with van der Waals surface area (Å²) in [7, 11) is 0. The highest BCUT2D eigenvalue weighted by atomic mass is 16.3. The first kappa shape index (κ1) is 17.9. The van der Waals surface area contributed by atoms with Gasteiger partial charge >= 0.3 is 11.8 Å². The Balaban J connectivity index is 1.98. The van der Waals surface area contributed by atoms with Crippen LogP contribution in [0.4, 0.5) is 5.69 Å². The summed E-state index contributed by atoms with van der Waals surface area (Å²) in [6.07, 6.45) is 4.52. The first-order valence-electron chi connectivity index (χ1n) is 8.21. The fraction of sp³-hybridized carbons (Fsp3) is 0.471. The normalized spacial score (nSPS) is 14.2. The Hall–Kier alpha value is -2.41. The number of amides is 3. The van der Waals surface area contributed by atoms with Crippen molar-refractivity contribution in [2.75, 3.05) is 18.5 Å². The van der Waals surface area contributed by atoms with E-state index in [4.69, 9.17) is 5.11 Å². The van der Waals surface area contributed by atoms with Crippen LogP contribution in [-0.4, -0.2) is 42.0 Å². The monoisotopic (exact) mass is 333 g/mol. The summed E-state index contributed by atoms with van der Waals surface area (Å²) >= 11 is 0. The van der Waals surface area contributed by atoms with Crippen molar-refractivity contribution < 1.29 is 19.5 Å². The highest BCUT2D eigenvalue weighted by Gasteiger charge is 2.21. The summed E-state index contributed by atoms with van der Waals surface area (Å²) in [4.78, 5) is 36.0. The Morgan fingerprint density at radius 3 is 2.50 bits per heavy atom. The van der Waals surface area contributed by atoms with Gasteiger partial charge in [-0.1, -0.05) is 25.0 Å². The fourth-order valence-electron chi connectivity index (χ4n) is 2.66. The number of rotatable bonds is 6. The second-order valence-corrected chi connectivity index (χ2v) is 5.79. The van der Waals surface area contributed by atoms with Crippen molar-refractivity contribution in [1.29, 1.82) is 0 Å². The highest BCUT2D eigenvalue weighted by molar-refractivity contribution is 6.40. The van der Waals surface area contributed by atoms with Gasteiger partial charge in [-0.05, 0) is 31.4 Å². The number of carbonyl (C=O) groups excluding carboxylic acids is 3. The summed E-state index contributed by atoms with van der Waals surface area (Å²) in [6.45, 7) is 0.151. The van der Waals surface area contributed by atoms with E-state index in [1.54, 1.807) is 24.3 Å². The molecule has 24 heavy (non-hydrogen) atoms. The third kappa shape index (κ3) is 5.06. The molecule has 1 aromatic carbocycles. The minimum absolute atomic E-state index is 0.0634. The van der Waals surface area contributed by atoms with Gasteiger partial charge < -0.3 is 21.1 Å². The molecule has 0 saturated heterocycles. The molecule has 130 valence electrons. The van der Waals surface area contributed by atoms with Crippen molar-refractivity contribution >= 4 is 23.4 Å². The van der Waals surface area contributed by atoms with E-state index in [9.17, 15) is 14.4 Å². The smallest absolute Gasteiger partial charge is 0.313 e. The molecule has 3 amide bonds. The molecule has 1 aliphatic rings. The van der Waals surface area contributed by atoms with Crippen LogP contribution in [0.25, 0.3) is 0 Å². The number of nitrogens with one attached hydrogen (secondary N) is 3. The molecule has 0 atom stereocenters. The number of carbonyl (C=O) groups is 3. The van der Waals surface area contributed by atoms with Gasteiger partial charge in [-0.3, -0.25) is 14.4 Å². The number of benzene rings is 1. The van der Waals surface area contributed by atoms with E-state index in [0.29, 0.717) is 17.7 Å². The molecule has 0 radical (unpaired) electrons. The lowest BCUT2D eigenvalue weighted by molar-refractivity contribution is -0.136. The van der Waals surface area contributed by atoms with Crippen LogP contribution in [0.3, 0.4) is 0 Å². The molecule has 1 fully saturated rings.